The van der Waals surface area contributed by atoms with E-state index in [4.69, 9.17) is 0 Å². The zero-order chi connectivity index (χ0) is 8.04. The van der Waals surface area contributed by atoms with Gasteiger partial charge < -0.3 is 0 Å². The standard InChI is InChI=1S/C9H14Si/c1-5-6-7-8-9-10(2,3)4/h5H2,1-4H3. The third kappa shape index (κ3) is 7.34. The van der Waals surface area contributed by atoms with Gasteiger partial charge in [0.15, 0.2) is 0 Å². The van der Waals surface area contributed by atoms with Crippen molar-refractivity contribution in [2.75, 3.05) is 0 Å². The van der Waals surface area contributed by atoms with Gasteiger partial charge in [-0.15, -0.1) is 5.54 Å². The molecule has 1 heteroatoms. The smallest absolute Gasteiger partial charge is 0.118 e. The van der Waals surface area contributed by atoms with Crippen LogP contribution < -0.4 is 0 Å². The lowest BCUT2D eigenvalue weighted by Gasteiger charge is -2.01. The van der Waals surface area contributed by atoms with Crippen LogP contribution in [-0.4, -0.2) is 8.07 Å². The van der Waals surface area contributed by atoms with Gasteiger partial charge in [0.2, 0.25) is 0 Å². The van der Waals surface area contributed by atoms with Gasteiger partial charge in [-0.25, -0.2) is 0 Å². The van der Waals surface area contributed by atoms with E-state index in [1.807, 2.05) is 6.92 Å². The highest BCUT2D eigenvalue weighted by Gasteiger charge is 2.06. The Labute approximate surface area is 65.0 Å². The van der Waals surface area contributed by atoms with Crippen molar-refractivity contribution in [1.82, 2.24) is 0 Å². The summed E-state index contributed by atoms with van der Waals surface area (Å²) in [5, 5.41) is 0. The Morgan fingerprint density at radius 2 is 1.70 bits per heavy atom. The van der Waals surface area contributed by atoms with Crippen LogP contribution >= 0.6 is 0 Å². The molecule has 54 valence electrons. The summed E-state index contributed by atoms with van der Waals surface area (Å²) in [4.78, 5) is 0. The van der Waals surface area contributed by atoms with Crippen molar-refractivity contribution >= 4 is 8.07 Å². The molecule has 0 amide bonds. The molecule has 0 aliphatic rings. The van der Waals surface area contributed by atoms with Crippen LogP contribution in [0, 0.1) is 23.3 Å². The van der Waals surface area contributed by atoms with E-state index in [0.717, 1.165) is 6.42 Å². The fourth-order valence-electron chi connectivity index (χ4n) is 0.351. The van der Waals surface area contributed by atoms with Crippen molar-refractivity contribution in [3.63, 3.8) is 0 Å². The molecule has 0 aliphatic carbocycles. The van der Waals surface area contributed by atoms with Crippen molar-refractivity contribution in [1.29, 1.82) is 0 Å². The molecule has 0 aromatic rings. The Hall–Kier alpha value is -0.663. The fourth-order valence-corrected chi connectivity index (χ4v) is 0.789. The van der Waals surface area contributed by atoms with E-state index in [1.165, 1.54) is 0 Å². The van der Waals surface area contributed by atoms with E-state index in [1.54, 1.807) is 0 Å². The van der Waals surface area contributed by atoms with E-state index < -0.39 is 8.07 Å². The van der Waals surface area contributed by atoms with Crippen molar-refractivity contribution in [3.05, 3.63) is 0 Å². The second-order valence-corrected chi connectivity index (χ2v) is 7.91. The summed E-state index contributed by atoms with van der Waals surface area (Å²) in [5.41, 5.74) is 3.17. The van der Waals surface area contributed by atoms with E-state index >= 15 is 0 Å². The molecule has 10 heavy (non-hydrogen) atoms. The van der Waals surface area contributed by atoms with Crippen LogP contribution in [-0.2, 0) is 0 Å². The average molecular weight is 150 g/mol. The van der Waals surface area contributed by atoms with Gasteiger partial charge in [0, 0.05) is 6.42 Å². The predicted molar refractivity (Wildman–Crippen MR) is 49.2 cm³/mol. The lowest BCUT2D eigenvalue weighted by atomic mass is 10.5. The third-order valence-electron chi connectivity index (χ3n) is 0.765. The summed E-state index contributed by atoms with van der Waals surface area (Å²) in [6, 6.07) is 0. The lowest BCUT2D eigenvalue weighted by Crippen LogP contribution is -2.16. The van der Waals surface area contributed by atoms with E-state index in [0.29, 0.717) is 0 Å². The monoisotopic (exact) mass is 150 g/mol. The maximum Gasteiger partial charge on any atom is 0.130 e. The first-order valence-corrected chi connectivity index (χ1v) is 7.06. The van der Waals surface area contributed by atoms with Crippen LogP contribution in [0.15, 0.2) is 0 Å². The van der Waals surface area contributed by atoms with Gasteiger partial charge in [-0.2, -0.15) is 0 Å². The molecule has 0 radical (unpaired) electrons. The fraction of sp³-hybridized carbons (Fsp3) is 0.556. The molecule has 0 unspecified atom stereocenters. The minimum Gasteiger partial charge on any atom is -0.118 e. The van der Waals surface area contributed by atoms with Gasteiger partial charge in [-0.05, 0) is 11.8 Å². The van der Waals surface area contributed by atoms with Crippen LogP contribution in [0.1, 0.15) is 13.3 Å². The molecular formula is C9H14Si. The Morgan fingerprint density at radius 3 is 2.10 bits per heavy atom. The molecule has 0 nitrogen and oxygen atoms in total. The van der Waals surface area contributed by atoms with Gasteiger partial charge in [0.1, 0.15) is 8.07 Å². The quantitative estimate of drug-likeness (QED) is 0.367. The summed E-state index contributed by atoms with van der Waals surface area (Å²) in [6.07, 6.45) is 0.903. The molecule has 0 saturated carbocycles. The Balaban J connectivity index is 3.93. The van der Waals surface area contributed by atoms with E-state index in [-0.39, 0.29) is 0 Å². The van der Waals surface area contributed by atoms with Crippen molar-refractivity contribution < 1.29 is 0 Å². The van der Waals surface area contributed by atoms with Crippen LogP contribution in [0.5, 0.6) is 0 Å². The first-order valence-electron chi connectivity index (χ1n) is 3.56. The van der Waals surface area contributed by atoms with Crippen LogP contribution in [0.4, 0.5) is 0 Å². The number of rotatable bonds is 0. The highest BCUT2D eigenvalue weighted by Crippen LogP contribution is 1.95. The summed E-state index contributed by atoms with van der Waals surface area (Å²) in [6.45, 7) is 8.68. The minimum absolute atomic E-state index is 0.903. The van der Waals surface area contributed by atoms with Gasteiger partial charge in [0.25, 0.3) is 0 Å². The molecule has 0 N–H and O–H groups in total. The van der Waals surface area contributed by atoms with E-state index in [2.05, 4.69) is 42.9 Å². The number of hydrogen-bond donors (Lipinski definition) is 0. The first kappa shape index (κ1) is 9.34. The molecular weight excluding hydrogens is 136 g/mol. The van der Waals surface area contributed by atoms with Crippen molar-refractivity contribution in [2.24, 2.45) is 0 Å². The van der Waals surface area contributed by atoms with Crippen LogP contribution in [0.25, 0.3) is 0 Å². The molecule has 0 aromatic carbocycles. The predicted octanol–water partition coefficient (Wildman–Crippen LogP) is 2.28. The van der Waals surface area contributed by atoms with Gasteiger partial charge in [-0.1, -0.05) is 32.5 Å². The minimum atomic E-state index is -1.17. The Kier molecular flexibility index (Phi) is 3.92. The maximum absolute atomic E-state index is 3.17. The zero-order valence-corrected chi connectivity index (χ0v) is 8.21. The summed E-state index contributed by atoms with van der Waals surface area (Å²) in [5.74, 6) is 8.61. The summed E-state index contributed by atoms with van der Waals surface area (Å²) >= 11 is 0. The highest BCUT2D eigenvalue weighted by atomic mass is 28.3. The molecule has 0 saturated heterocycles. The largest absolute Gasteiger partial charge is 0.130 e. The summed E-state index contributed by atoms with van der Waals surface area (Å²) < 4.78 is 0. The van der Waals surface area contributed by atoms with Crippen LogP contribution in [0.3, 0.4) is 0 Å². The molecule has 0 bridgehead atoms. The first-order chi connectivity index (χ1) is 4.56. The van der Waals surface area contributed by atoms with Crippen molar-refractivity contribution in [3.8, 4) is 23.3 Å². The van der Waals surface area contributed by atoms with Gasteiger partial charge in [-0.3, -0.25) is 0 Å². The normalized spacial score (nSPS) is 8.80. The molecule has 0 fully saturated rings. The second kappa shape index (κ2) is 4.20. The topological polar surface area (TPSA) is 0 Å². The molecule has 0 spiro atoms. The highest BCUT2D eigenvalue weighted by molar-refractivity contribution is 6.83. The lowest BCUT2D eigenvalue weighted by molar-refractivity contribution is 1.28. The van der Waals surface area contributed by atoms with E-state index in [9.17, 15) is 0 Å². The maximum atomic E-state index is 3.17. The molecule has 0 heterocycles. The third-order valence-corrected chi connectivity index (χ3v) is 1.64. The summed E-state index contributed by atoms with van der Waals surface area (Å²) in [7, 11) is -1.17. The zero-order valence-electron chi connectivity index (χ0n) is 7.21. The molecule has 0 aliphatic heterocycles. The van der Waals surface area contributed by atoms with Crippen LogP contribution in [0.2, 0.25) is 19.6 Å². The van der Waals surface area contributed by atoms with Crippen molar-refractivity contribution in [2.45, 2.75) is 33.0 Å². The van der Waals surface area contributed by atoms with Gasteiger partial charge in [0.05, 0.1) is 0 Å². The molecule has 0 aromatic heterocycles. The SMILES string of the molecule is CCC#CC#C[Si](C)(C)C. The molecule has 0 atom stereocenters. The Morgan fingerprint density at radius 1 is 1.10 bits per heavy atom. The second-order valence-electron chi connectivity index (χ2n) is 3.16. The average Bonchev–Trinajstić information content (AvgIpc) is 1.78. The molecule has 0 rings (SSSR count). The Bertz CT molecular complexity index is 199. The van der Waals surface area contributed by atoms with Gasteiger partial charge >= 0.3 is 0 Å². The number of hydrogen-bond acceptors (Lipinski definition) is 0.